The molecule has 4 nitrogen and oxygen atoms in total. The molecule has 54 heavy (non-hydrogen) atoms. The number of furan rings is 1. The Bertz CT molecular complexity index is 3100. The van der Waals surface area contributed by atoms with Gasteiger partial charge in [0.15, 0.2) is 5.82 Å². The van der Waals surface area contributed by atoms with Gasteiger partial charge in [-0.1, -0.05) is 146 Å². The Morgan fingerprint density at radius 3 is 1.67 bits per heavy atom. The van der Waals surface area contributed by atoms with Crippen LogP contribution in [0, 0.1) is 0 Å². The predicted molar refractivity (Wildman–Crippen MR) is 223 cm³/mol. The number of hydrogen-bond donors (Lipinski definition) is 0. The lowest BCUT2D eigenvalue weighted by Crippen LogP contribution is -1.96. The van der Waals surface area contributed by atoms with Gasteiger partial charge in [0.25, 0.3) is 0 Å². The van der Waals surface area contributed by atoms with Gasteiger partial charge in [-0.25, -0.2) is 9.97 Å². The molecule has 0 radical (unpaired) electrons. The molecule has 0 bridgehead atoms. The third kappa shape index (κ3) is 4.78. The van der Waals surface area contributed by atoms with E-state index in [4.69, 9.17) is 14.4 Å². The summed E-state index contributed by atoms with van der Waals surface area (Å²) in [4.78, 5) is 10.2. The summed E-state index contributed by atoms with van der Waals surface area (Å²) in [6.45, 7) is 0. The van der Waals surface area contributed by atoms with E-state index in [1.54, 1.807) is 0 Å². The maximum absolute atomic E-state index is 6.79. The highest BCUT2D eigenvalue weighted by molar-refractivity contribution is 6.22. The van der Waals surface area contributed by atoms with Crippen LogP contribution in [0.3, 0.4) is 0 Å². The summed E-state index contributed by atoms with van der Waals surface area (Å²) in [7, 11) is 0. The third-order valence-electron chi connectivity index (χ3n) is 10.6. The van der Waals surface area contributed by atoms with Crippen molar-refractivity contribution in [1.29, 1.82) is 0 Å². The Balaban J connectivity index is 1.15. The van der Waals surface area contributed by atoms with E-state index < -0.39 is 0 Å². The van der Waals surface area contributed by atoms with Gasteiger partial charge >= 0.3 is 0 Å². The van der Waals surface area contributed by atoms with Crippen LogP contribution in [0.15, 0.2) is 192 Å². The van der Waals surface area contributed by atoms with Crippen LogP contribution in [-0.2, 0) is 0 Å². The first kappa shape index (κ1) is 30.3. The molecule has 8 aromatic carbocycles. The highest BCUT2D eigenvalue weighted by Crippen LogP contribution is 2.44. The molecule has 0 unspecified atom stereocenters. The standard InChI is InChI=1S/C50H31N3O/c1-3-15-32(16-4-1)42-31-43(52-50(51-42)33-17-5-2-6-18-33)35-20-13-19-34(29-35)40-30-41-48-46(27-14-28-47(48)54-49(41)39-24-8-7-21-36(39)40)53-44-25-11-9-22-37(44)38-23-10-12-26-45(38)53/h1-31H. The van der Waals surface area contributed by atoms with E-state index >= 15 is 0 Å². The van der Waals surface area contributed by atoms with Crippen molar-refractivity contribution in [3.05, 3.63) is 188 Å². The molecule has 0 atom stereocenters. The molecule has 252 valence electrons. The summed E-state index contributed by atoms with van der Waals surface area (Å²) in [5.41, 5.74) is 12.3. The van der Waals surface area contributed by atoms with Crippen molar-refractivity contribution < 1.29 is 4.42 Å². The van der Waals surface area contributed by atoms with Crippen LogP contribution in [0.1, 0.15) is 0 Å². The molecule has 0 spiro atoms. The Kier molecular flexibility index (Phi) is 6.82. The number of hydrogen-bond acceptors (Lipinski definition) is 3. The molecule has 0 fully saturated rings. The molecular weight excluding hydrogens is 659 g/mol. The Morgan fingerprint density at radius 1 is 0.389 bits per heavy atom. The first-order valence-corrected chi connectivity index (χ1v) is 18.2. The SMILES string of the molecule is c1ccc(-c2cc(-c3cccc(-c4cc5c(oc6cccc(-n7c8ccccc8c8ccccc87)c65)c5ccccc45)c3)nc(-c3ccccc3)n2)cc1. The average Bonchev–Trinajstić information content (AvgIpc) is 3.80. The van der Waals surface area contributed by atoms with Gasteiger partial charge in [0, 0.05) is 38.2 Å². The van der Waals surface area contributed by atoms with Crippen molar-refractivity contribution in [3.63, 3.8) is 0 Å². The largest absolute Gasteiger partial charge is 0.455 e. The van der Waals surface area contributed by atoms with Crippen molar-refractivity contribution >= 4 is 54.5 Å². The maximum atomic E-state index is 6.79. The fourth-order valence-electron chi connectivity index (χ4n) is 8.15. The first-order valence-electron chi connectivity index (χ1n) is 18.2. The third-order valence-corrected chi connectivity index (χ3v) is 10.6. The summed E-state index contributed by atoms with van der Waals surface area (Å²) in [6, 6.07) is 66.0. The summed E-state index contributed by atoms with van der Waals surface area (Å²) >= 11 is 0. The Hall–Kier alpha value is -7.30. The lowest BCUT2D eigenvalue weighted by atomic mass is 9.93. The Morgan fingerprint density at radius 2 is 0.944 bits per heavy atom. The van der Waals surface area contributed by atoms with E-state index in [0.717, 1.165) is 77.6 Å². The highest BCUT2D eigenvalue weighted by atomic mass is 16.3. The van der Waals surface area contributed by atoms with Gasteiger partial charge in [-0.15, -0.1) is 0 Å². The van der Waals surface area contributed by atoms with Crippen LogP contribution >= 0.6 is 0 Å². The van der Waals surface area contributed by atoms with Gasteiger partial charge in [-0.3, -0.25) is 0 Å². The molecule has 0 aliphatic rings. The zero-order valence-corrected chi connectivity index (χ0v) is 29.1. The molecule has 0 saturated heterocycles. The van der Waals surface area contributed by atoms with Crippen molar-refractivity contribution in [3.8, 4) is 50.7 Å². The minimum atomic E-state index is 0.701. The minimum absolute atomic E-state index is 0.701. The van der Waals surface area contributed by atoms with Crippen molar-refractivity contribution in [1.82, 2.24) is 14.5 Å². The van der Waals surface area contributed by atoms with E-state index in [1.165, 1.54) is 21.8 Å². The summed E-state index contributed by atoms with van der Waals surface area (Å²) in [5, 5.41) is 6.86. The predicted octanol–water partition coefficient (Wildman–Crippen LogP) is 13.3. The fraction of sp³-hybridized carbons (Fsp3) is 0. The molecule has 0 aliphatic heterocycles. The van der Waals surface area contributed by atoms with Gasteiger partial charge in [0.05, 0.1) is 33.5 Å². The topological polar surface area (TPSA) is 43.9 Å². The van der Waals surface area contributed by atoms with Crippen LogP contribution in [0.5, 0.6) is 0 Å². The van der Waals surface area contributed by atoms with E-state index in [9.17, 15) is 0 Å². The number of para-hydroxylation sites is 2. The molecule has 0 N–H and O–H groups in total. The van der Waals surface area contributed by atoms with E-state index in [2.05, 4.69) is 156 Å². The number of aromatic nitrogens is 3. The highest BCUT2D eigenvalue weighted by Gasteiger charge is 2.21. The summed E-state index contributed by atoms with van der Waals surface area (Å²) in [6.07, 6.45) is 0. The van der Waals surface area contributed by atoms with Crippen molar-refractivity contribution in [2.45, 2.75) is 0 Å². The molecule has 3 heterocycles. The van der Waals surface area contributed by atoms with E-state index in [0.29, 0.717) is 5.82 Å². The second-order valence-corrected chi connectivity index (χ2v) is 13.7. The smallest absolute Gasteiger partial charge is 0.160 e. The summed E-state index contributed by atoms with van der Waals surface area (Å²) < 4.78 is 9.18. The summed E-state index contributed by atoms with van der Waals surface area (Å²) in [5.74, 6) is 0.701. The zero-order valence-electron chi connectivity index (χ0n) is 29.1. The fourth-order valence-corrected chi connectivity index (χ4v) is 8.15. The van der Waals surface area contributed by atoms with Crippen molar-refractivity contribution in [2.75, 3.05) is 0 Å². The number of rotatable bonds is 5. The number of nitrogens with zero attached hydrogens (tertiary/aromatic N) is 3. The molecule has 3 aromatic heterocycles. The minimum Gasteiger partial charge on any atom is -0.455 e. The first-order chi connectivity index (χ1) is 26.8. The average molecular weight is 690 g/mol. The van der Waals surface area contributed by atoms with Gasteiger partial charge in [-0.2, -0.15) is 0 Å². The van der Waals surface area contributed by atoms with Gasteiger partial charge in [0.1, 0.15) is 11.2 Å². The number of fused-ring (bicyclic) bond motifs is 8. The molecule has 4 heteroatoms. The molecule has 11 rings (SSSR count). The van der Waals surface area contributed by atoms with Crippen LogP contribution in [0.2, 0.25) is 0 Å². The van der Waals surface area contributed by atoms with Gasteiger partial charge < -0.3 is 8.98 Å². The second-order valence-electron chi connectivity index (χ2n) is 13.7. The molecular formula is C50H31N3O. The molecule has 0 amide bonds. The normalized spacial score (nSPS) is 11.7. The molecule has 11 aromatic rings. The van der Waals surface area contributed by atoms with Gasteiger partial charge in [-0.05, 0) is 59.0 Å². The quantitative estimate of drug-likeness (QED) is 0.181. The Labute approximate surface area is 311 Å². The van der Waals surface area contributed by atoms with Crippen LogP contribution in [0.25, 0.3) is 105 Å². The maximum Gasteiger partial charge on any atom is 0.160 e. The van der Waals surface area contributed by atoms with E-state index in [1.807, 2.05) is 36.4 Å². The van der Waals surface area contributed by atoms with E-state index in [-0.39, 0.29) is 0 Å². The van der Waals surface area contributed by atoms with Gasteiger partial charge in [0.2, 0.25) is 0 Å². The van der Waals surface area contributed by atoms with Crippen LogP contribution < -0.4 is 0 Å². The van der Waals surface area contributed by atoms with Crippen LogP contribution in [0.4, 0.5) is 0 Å². The monoisotopic (exact) mass is 689 g/mol. The second kappa shape index (κ2) is 12.1. The van der Waals surface area contributed by atoms with Crippen LogP contribution in [-0.4, -0.2) is 14.5 Å². The van der Waals surface area contributed by atoms with Crippen molar-refractivity contribution in [2.24, 2.45) is 0 Å². The zero-order chi connectivity index (χ0) is 35.6. The number of benzene rings is 8. The lowest BCUT2D eigenvalue weighted by Gasteiger charge is -2.13. The lowest BCUT2D eigenvalue weighted by molar-refractivity contribution is 0.672. The molecule has 0 aliphatic carbocycles. The molecule has 0 saturated carbocycles.